The first-order valence-electron chi connectivity index (χ1n) is 3.72. The zero-order valence-electron chi connectivity index (χ0n) is 7.68. The van der Waals surface area contributed by atoms with E-state index in [0.717, 1.165) is 0 Å². The smallest absolute Gasteiger partial charge is 0.140 e. The van der Waals surface area contributed by atoms with Crippen LogP contribution in [0.1, 0.15) is 8.30 Å². The van der Waals surface area contributed by atoms with E-state index in [9.17, 15) is 0 Å². The molecule has 0 saturated carbocycles. The highest BCUT2D eigenvalue weighted by molar-refractivity contribution is 9.10. The fourth-order valence-electron chi connectivity index (χ4n) is 0.590. The lowest BCUT2D eigenvalue weighted by atomic mass is 10.3. The van der Waals surface area contributed by atoms with Crippen molar-refractivity contribution in [1.29, 1.82) is 5.26 Å². The lowest BCUT2D eigenvalue weighted by molar-refractivity contribution is 0.412. The van der Waals surface area contributed by atoms with E-state index in [1.165, 1.54) is 7.11 Å². The maximum absolute atomic E-state index is 8.70. The minimum absolute atomic E-state index is 0.0781. The first-order valence-corrected chi connectivity index (χ1v) is 3.52. The summed E-state index contributed by atoms with van der Waals surface area (Å²) in [7, 11) is 1.35. The van der Waals surface area contributed by atoms with Crippen molar-refractivity contribution in [2.45, 2.75) is 0 Å². The summed E-state index contributed by atoms with van der Waals surface area (Å²) in [4.78, 5) is 3.65. The zero-order chi connectivity index (χ0) is 10.0. The molecule has 0 fully saturated rings. The van der Waals surface area contributed by atoms with Crippen LogP contribution in [-0.4, -0.2) is 12.1 Å². The second-order valence-electron chi connectivity index (χ2n) is 1.66. The lowest BCUT2D eigenvalue weighted by Gasteiger charge is -2.01. The minimum Gasteiger partial charge on any atom is -0.495 e. The van der Waals surface area contributed by atoms with Gasteiger partial charge in [0.15, 0.2) is 0 Å². The zero-order valence-corrected chi connectivity index (χ0v) is 7.27. The summed E-state index contributed by atoms with van der Waals surface area (Å²) in [6, 6.07) is 1.67. The summed E-state index contributed by atoms with van der Waals surface area (Å²) >= 11 is 3.02. The molecule has 3 nitrogen and oxygen atoms in total. The van der Waals surface area contributed by atoms with Crippen molar-refractivity contribution in [2.24, 2.45) is 0 Å². The lowest BCUT2D eigenvalue weighted by Crippen LogP contribution is -1.90. The number of halogens is 1. The van der Waals surface area contributed by atoms with Crippen molar-refractivity contribution >= 4 is 15.9 Å². The van der Waals surface area contributed by atoms with Gasteiger partial charge in [0.1, 0.15) is 22.0 Å². The molecule has 0 N–H and O–H groups in total. The molecule has 0 aliphatic rings. The number of nitriles is 1. The predicted octanol–water partition coefficient (Wildman–Crippen LogP) is 1.72. The molecule has 4 heteroatoms. The quantitative estimate of drug-likeness (QED) is 0.670. The molecule has 0 bridgehead atoms. The van der Waals surface area contributed by atoms with Gasteiger partial charge in [-0.1, -0.05) is 0 Å². The van der Waals surface area contributed by atoms with Crippen molar-refractivity contribution < 1.29 is 7.48 Å². The normalized spacial score (nSPS) is 11.4. The summed E-state index contributed by atoms with van der Waals surface area (Å²) in [5.74, 6) is 0.0781. The van der Waals surface area contributed by atoms with Gasteiger partial charge >= 0.3 is 0 Å². The van der Waals surface area contributed by atoms with Crippen molar-refractivity contribution in [3.8, 4) is 11.8 Å². The van der Waals surface area contributed by atoms with Crippen LogP contribution in [0, 0.1) is 11.3 Å². The Morgan fingerprint density at radius 1 is 1.91 bits per heavy atom. The molecule has 1 aromatic rings. The van der Waals surface area contributed by atoms with Gasteiger partial charge in [0.2, 0.25) is 0 Å². The molecule has 11 heavy (non-hydrogen) atoms. The maximum Gasteiger partial charge on any atom is 0.140 e. The first kappa shape index (κ1) is 5.56. The van der Waals surface area contributed by atoms with E-state index in [2.05, 4.69) is 20.9 Å². The van der Waals surface area contributed by atoms with E-state index >= 15 is 0 Å². The Balaban J connectivity index is 3.53. The number of hydrogen-bond donors (Lipinski definition) is 0. The van der Waals surface area contributed by atoms with Gasteiger partial charge < -0.3 is 4.74 Å². The standard InChI is InChI=1S/C7H5BrN2O/c1-11-6-2-3-10-7(8)5(6)4-9/h2-3H,1H3/i2D,3D. The largest absolute Gasteiger partial charge is 0.495 e. The van der Waals surface area contributed by atoms with Gasteiger partial charge in [-0.25, -0.2) is 4.98 Å². The third-order valence-electron chi connectivity index (χ3n) is 1.07. The van der Waals surface area contributed by atoms with Gasteiger partial charge in [0.05, 0.1) is 9.85 Å². The number of pyridine rings is 1. The Kier molecular flexibility index (Phi) is 1.69. The Hall–Kier alpha value is -1.08. The molecule has 0 aliphatic heterocycles. The molecular formula is C7H5BrN2O. The molecule has 1 heterocycles. The summed E-state index contributed by atoms with van der Waals surface area (Å²) < 4.78 is 19.7. The van der Waals surface area contributed by atoms with Crippen LogP contribution < -0.4 is 4.74 Å². The fourth-order valence-corrected chi connectivity index (χ4v) is 0.947. The minimum atomic E-state index is -0.220. The molecule has 0 aromatic carbocycles. The van der Waals surface area contributed by atoms with Crippen LogP contribution in [-0.2, 0) is 0 Å². The average Bonchev–Trinajstić information content (AvgIpc) is 2.10. The van der Waals surface area contributed by atoms with E-state index < -0.39 is 0 Å². The third kappa shape index (κ3) is 1.49. The number of nitrogens with zero attached hydrogens (tertiary/aromatic N) is 2. The van der Waals surface area contributed by atoms with Gasteiger partial charge in [-0.2, -0.15) is 5.26 Å². The van der Waals surface area contributed by atoms with E-state index in [0.29, 0.717) is 0 Å². The molecule has 0 radical (unpaired) electrons. The van der Waals surface area contributed by atoms with Crippen molar-refractivity contribution in [3.63, 3.8) is 0 Å². The Labute approximate surface area is 75.6 Å². The molecule has 56 valence electrons. The number of methoxy groups -OCH3 is 1. The second-order valence-corrected chi connectivity index (χ2v) is 2.41. The van der Waals surface area contributed by atoms with Gasteiger partial charge in [-0.15, -0.1) is 0 Å². The Morgan fingerprint density at radius 3 is 3.18 bits per heavy atom. The van der Waals surface area contributed by atoms with Crippen molar-refractivity contribution in [1.82, 2.24) is 4.98 Å². The van der Waals surface area contributed by atoms with E-state index in [1.54, 1.807) is 0 Å². The van der Waals surface area contributed by atoms with Crippen LogP contribution >= 0.6 is 15.9 Å². The predicted molar refractivity (Wildman–Crippen MR) is 43.2 cm³/mol. The molecular weight excluding hydrogens is 208 g/mol. The van der Waals surface area contributed by atoms with E-state index in [4.69, 9.17) is 12.7 Å². The van der Waals surface area contributed by atoms with Crippen LogP contribution in [0.25, 0.3) is 0 Å². The Morgan fingerprint density at radius 2 is 2.64 bits per heavy atom. The summed E-state index contributed by atoms with van der Waals surface area (Å²) in [5, 5.41) is 8.70. The Bertz CT molecular complexity index is 389. The van der Waals surface area contributed by atoms with E-state index in [1.807, 2.05) is 6.07 Å². The highest BCUT2D eigenvalue weighted by Crippen LogP contribution is 2.22. The number of rotatable bonds is 1. The SMILES string of the molecule is [2H]c1nc(Br)c(C#N)c(OC)c1[2H]. The van der Waals surface area contributed by atoms with Crippen LogP contribution in [0.5, 0.6) is 5.75 Å². The molecule has 0 aliphatic carbocycles. The average molecular weight is 215 g/mol. The highest BCUT2D eigenvalue weighted by Gasteiger charge is 2.05. The molecule has 0 unspecified atom stereocenters. The monoisotopic (exact) mass is 214 g/mol. The van der Waals surface area contributed by atoms with Gasteiger partial charge in [-0.05, 0) is 22.0 Å². The van der Waals surface area contributed by atoms with Gasteiger partial charge in [0, 0.05) is 6.17 Å². The van der Waals surface area contributed by atoms with Crippen LogP contribution in [0.3, 0.4) is 0 Å². The number of aromatic nitrogens is 1. The van der Waals surface area contributed by atoms with Crippen LogP contribution in [0.15, 0.2) is 16.8 Å². The van der Waals surface area contributed by atoms with Gasteiger partial charge in [0.25, 0.3) is 0 Å². The molecule has 1 rings (SSSR count). The summed E-state index contributed by atoms with van der Waals surface area (Å²) in [6.45, 7) is 0. The summed E-state index contributed by atoms with van der Waals surface area (Å²) in [5.41, 5.74) is 0.142. The second kappa shape index (κ2) is 3.35. The first-order chi connectivity index (χ1) is 6.11. The van der Waals surface area contributed by atoms with E-state index in [-0.39, 0.29) is 28.1 Å². The fraction of sp³-hybridized carbons (Fsp3) is 0.143. The number of ether oxygens (including phenoxy) is 1. The van der Waals surface area contributed by atoms with Crippen molar-refractivity contribution in [2.75, 3.05) is 7.11 Å². The van der Waals surface area contributed by atoms with Crippen LogP contribution in [0.2, 0.25) is 0 Å². The molecule has 0 saturated heterocycles. The maximum atomic E-state index is 8.70. The van der Waals surface area contributed by atoms with Crippen LogP contribution in [0.4, 0.5) is 0 Å². The third-order valence-corrected chi connectivity index (χ3v) is 1.65. The molecule has 0 amide bonds. The number of hydrogen-bond acceptors (Lipinski definition) is 3. The van der Waals surface area contributed by atoms with Gasteiger partial charge in [-0.3, -0.25) is 0 Å². The molecule has 0 atom stereocenters. The van der Waals surface area contributed by atoms with Crippen molar-refractivity contribution in [3.05, 3.63) is 22.4 Å². The summed E-state index contributed by atoms with van der Waals surface area (Å²) in [6.07, 6.45) is -0.220. The molecule has 1 aromatic heterocycles. The highest BCUT2D eigenvalue weighted by atomic mass is 79.9. The molecule has 0 spiro atoms. The topological polar surface area (TPSA) is 45.9 Å².